The van der Waals surface area contributed by atoms with Crippen LogP contribution in [0.3, 0.4) is 0 Å². The summed E-state index contributed by atoms with van der Waals surface area (Å²) in [5.74, 6) is -0.395. The van der Waals surface area contributed by atoms with E-state index < -0.39 is 11.3 Å². The van der Waals surface area contributed by atoms with E-state index in [9.17, 15) is 14.7 Å². The molecule has 0 aliphatic carbocycles. The molecule has 3 heterocycles. The lowest BCUT2D eigenvalue weighted by atomic mass is 10.1. The molecule has 0 radical (unpaired) electrons. The Balaban J connectivity index is 0.00000126. The Hall–Kier alpha value is -2.26. The number of carbonyl (C=O) groups excluding carboxylic acids is 1. The molecule has 150 valence electrons. The summed E-state index contributed by atoms with van der Waals surface area (Å²) in [6.07, 6.45) is 3.31. The van der Waals surface area contributed by atoms with E-state index in [1.54, 1.807) is 18.4 Å². The van der Waals surface area contributed by atoms with Gasteiger partial charge < -0.3 is 9.84 Å². The van der Waals surface area contributed by atoms with Gasteiger partial charge in [-0.05, 0) is 19.3 Å². The lowest BCUT2D eigenvalue weighted by Crippen LogP contribution is -2.34. The van der Waals surface area contributed by atoms with Crippen molar-refractivity contribution in [3.05, 3.63) is 16.7 Å². The van der Waals surface area contributed by atoms with Gasteiger partial charge >= 0.3 is 0 Å². The van der Waals surface area contributed by atoms with E-state index in [2.05, 4.69) is 20.3 Å². The zero-order valence-corrected chi connectivity index (χ0v) is 16.6. The number of nitrogens with zero attached hydrogens (tertiary/aromatic N) is 3. The summed E-state index contributed by atoms with van der Waals surface area (Å²) in [6.45, 7) is 9.42. The van der Waals surface area contributed by atoms with Gasteiger partial charge in [0, 0.05) is 5.92 Å². The Labute approximate surface area is 158 Å². The van der Waals surface area contributed by atoms with E-state index in [1.165, 1.54) is 6.33 Å². The molecule has 27 heavy (non-hydrogen) atoms. The number of aromatic amines is 1. The number of fused-ring (bicyclic) bond motifs is 1. The van der Waals surface area contributed by atoms with Gasteiger partial charge in [0.05, 0.1) is 19.0 Å². The Morgan fingerprint density at radius 1 is 1.52 bits per heavy atom. The van der Waals surface area contributed by atoms with Gasteiger partial charge in [-0.3, -0.25) is 24.5 Å². The van der Waals surface area contributed by atoms with Gasteiger partial charge in [0.1, 0.15) is 5.72 Å². The maximum Gasteiger partial charge on any atom is 0.280 e. The summed E-state index contributed by atoms with van der Waals surface area (Å²) in [6, 6.07) is 0. The zero-order valence-electron chi connectivity index (χ0n) is 16.6. The van der Waals surface area contributed by atoms with E-state index in [0.29, 0.717) is 24.9 Å². The zero-order chi connectivity index (χ0) is 20.2. The fourth-order valence-corrected chi connectivity index (χ4v) is 3.08. The minimum absolute atomic E-state index is 0.0575. The number of carbonyl (C=O) groups is 1. The predicted octanol–water partition coefficient (Wildman–Crippen LogP) is 1.97. The van der Waals surface area contributed by atoms with E-state index in [1.807, 2.05) is 20.8 Å². The molecule has 3 N–H and O–H groups in total. The molecule has 1 fully saturated rings. The van der Waals surface area contributed by atoms with Crippen molar-refractivity contribution in [2.45, 2.75) is 65.7 Å². The molecule has 0 aromatic carbocycles. The number of nitrogens with one attached hydrogen (secondary N) is 2. The number of aromatic nitrogens is 4. The van der Waals surface area contributed by atoms with Crippen molar-refractivity contribution >= 4 is 23.0 Å². The second-order valence-corrected chi connectivity index (χ2v) is 6.61. The van der Waals surface area contributed by atoms with Crippen LogP contribution >= 0.6 is 0 Å². The van der Waals surface area contributed by atoms with E-state index >= 15 is 0 Å². The summed E-state index contributed by atoms with van der Waals surface area (Å²) in [7, 11) is 0. The lowest BCUT2D eigenvalue weighted by molar-refractivity contribution is -0.118. The molecule has 1 unspecified atom stereocenters. The molecule has 1 aliphatic heterocycles. The van der Waals surface area contributed by atoms with E-state index in [4.69, 9.17) is 4.74 Å². The first-order valence-electron chi connectivity index (χ1n) is 9.47. The number of anilines is 1. The van der Waals surface area contributed by atoms with Gasteiger partial charge in [0.25, 0.3) is 5.56 Å². The Morgan fingerprint density at radius 2 is 2.22 bits per heavy atom. The summed E-state index contributed by atoms with van der Waals surface area (Å²) in [4.78, 5) is 35.3. The minimum atomic E-state index is -0.706. The highest BCUT2D eigenvalue weighted by atomic mass is 16.5. The van der Waals surface area contributed by atoms with Gasteiger partial charge in [0.2, 0.25) is 11.9 Å². The average Bonchev–Trinajstić information content (AvgIpc) is 3.28. The number of aliphatic hydroxyl groups is 1. The van der Waals surface area contributed by atoms with Gasteiger partial charge in [-0.2, -0.15) is 4.98 Å². The molecule has 9 heteroatoms. The van der Waals surface area contributed by atoms with Crippen LogP contribution in [0.25, 0.3) is 11.2 Å². The molecule has 1 saturated heterocycles. The fraction of sp³-hybridized carbons (Fsp3) is 0.667. The van der Waals surface area contributed by atoms with Crippen LogP contribution in [-0.2, 0) is 15.3 Å². The molecule has 2 atom stereocenters. The van der Waals surface area contributed by atoms with Crippen molar-refractivity contribution in [2.75, 3.05) is 11.9 Å². The van der Waals surface area contributed by atoms with E-state index in [-0.39, 0.29) is 36.0 Å². The summed E-state index contributed by atoms with van der Waals surface area (Å²) in [5.41, 5.74) is -0.595. The van der Waals surface area contributed by atoms with Crippen molar-refractivity contribution in [1.29, 1.82) is 0 Å². The third kappa shape index (κ3) is 4.03. The Morgan fingerprint density at radius 3 is 2.78 bits per heavy atom. The average molecular weight is 379 g/mol. The molecule has 1 aliphatic rings. The van der Waals surface area contributed by atoms with Gasteiger partial charge in [-0.1, -0.05) is 34.6 Å². The normalized spacial score (nSPS) is 22.0. The number of hydrogen-bond acceptors (Lipinski definition) is 6. The molecule has 0 bridgehead atoms. The first-order chi connectivity index (χ1) is 12.9. The fourth-order valence-electron chi connectivity index (χ4n) is 3.08. The van der Waals surface area contributed by atoms with Crippen LogP contribution in [0.5, 0.6) is 0 Å². The van der Waals surface area contributed by atoms with Crippen LogP contribution in [0.15, 0.2) is 11.1 Å². The monoisotopic (exact) mass is 379 g/mol. The molecular formula is C18H29N5O4. The topological polar surface area (TPSA) is 122 Å². The van der Waals surface area contributed by atoms with Crippen molar-refractivity contribution in [3.8, 4) is 0 Å². The first-order valence-corrected chi connectivity index (χ1v) is 9.47. The third-order valence-corrected chi connectivity index (χ3v) is 4.61. The smallest absolute Gasteiger partial charge is 0.280 e. The maximum absolute atomic E-state index is 12.3. The molecular weight excluding hydrogens is 350 g/mol. The van der Waals surface area contributed by atoms with Crippen LogP contribution in [0, 0.1) is 5.92 Å². The molecule has 1 amide bonds. The standard InChI is InChI=1S/C16H23N5O4.C2H6/c1-4-16(6-5-10(7-22)25-16)21-8-17-11-12(21)18-15(20-14(11)24)19-13(23)9(2)3;1-2/h8-10,22H,4-7H2,1-3H3,(H2,18,19,20,23,24);1-2H3/t10?,16-;/m1./s1. The number of rotatable bonds is 5. The third-order valence-electron chi connectivity index (χ3n) is 4.61. The molecule has 0 spiro atoms. The maximum atomic E-state index is 12.3. The molecule has 2 aromatic heterocycles. The molecule has 9 nitrogen and oxygen atoms in total. The van der Waals surface area contributed by atoms with Gasteiger partial charge in [0.15, 0.2) is 11.2 Å². The van der Waals surface area contributed by atoms with Crippen molar-refractivity contribution in [3.63, 3.8) is 0 Å². The van der Waals surface area contributed by atoms with Crippen molar-refractivity contribution in [1.82, 2.24) is 19.5 Å². The predicted molar refractivity (Wildman–Crippen MR) is 102 cm³/mol. The number of imidazole rings is 1. The van der Waals surface area contributed by atoms with Crippen molar-refractivity contribution in [2.24, 2.45) is 5.92 Å². The number of amides is 1. The van der Waals surface area contributed by atoms with Crippen LogP contribution in [0.2, 0.25) is 0 Å². The highest BCUT2D eigenvalue weighted by Gasteiger charge is 2.41. The summed E-state index contributed by atoms with van der Waals surface area (Å²) in [5, 5.41) is 12.0. The SMILES string of the molecule is CC.CC[C@]1(n2cnc3c(=O)[nH]c(NC(=O)C(C)C)nc32)CCC(CO)O1. The van der Waals surface area contributed by atoms with Gasteiger partial charge in [-0.25, -0.2) is 4.98 Å². The molecule has 0 saturated carbocycles. The minimum Gasteiger partial charge on any atom is -0.394 e. The largest absolute Gasteiger partial charge is 0.394 e. The summed E-state index contributed by atoms with van der Waals surface area (Å²) < 4.78 is 7.77. The summed E-state index contributed by atoms with van der Waals surface area (Å²) >= 11 is 0. The highest BCUT2D eigenvalue weighted by molar-refractivity contribution is 5.91. The molecule has 3 rings (SSSR count). The number of H-pyrrole nitrogens is 1. The molecule has 2 aromatic rings. The Kier molecular flexibility index (Phi) is 6.72. The highest BCUT2D eigenvalue weighted by Crippen LogP contribution is 2.38. The Bertz CT molecular complexity index is 844. The second kappa shape index (κ2) is 8.62. The van der Waals surface area contributed by atoms with Crippen LogP contribution in [-0.4, -0.2) is 43.2 Å². The number of hydrogen-bond donors (Lipinski definition) is 3. The van der Waals surface area contributed by atoms with E-state index in [0.717, 1.165) is 0 Å². The van der Waals surface area contributed by atoms with Crippen molar-refractivity contribution < 1.29 is 14.6 Å². The van der Waals surface area contributed by atoms with Gasteiger partial charge in [-0.15, -0.1) is 0 Å². The van der Waals surface area contributed by atoms with Crippen LogP contribution in [0.4, 0.5) is 5.95 Å². The second-order valence-electron chi connectivity index (χ2n) is 6.61. The number of ether oxygens (including phenoxy) is 1. The quantitative estimate of drug-likeness (QED) is 0.730. The lowest BCUT2D eigenvalue weighted by Gasteiger charge is -2.30. The van der Waals surface area contributed by atoms with Crippen LogP contribution in [0.1, 0.15) is 53.9 Å². The van der Waals surface area contributed by atoms with Crippen LogP contribution < -0.4 is 10.9 Å². The first kappa shape index (κ1) is 21.0. The number of aliphatic hydroxyl groups excluding tert-OH is 1.